The van der Waals surface area contributed by atoms with Crippen molar-refractivity contribution in [3.8, 4) is 0 Å². The van der Waals surface area contributed by atoms with Crippen LogP contribution in [0, 0.1) is 0 Å². The summed E-state index contributed by atoms with van der Waals surface area (Å²) in [5, 5.41) is 0. The number of nitrogens with two attached hydrogens (primary N) is 1. The van der Waals surface area contributed by atoms with Gasteiger partial charge in [-0.1, -0.05) is 0 Å². The lowest BCUT2D eigenvalue weighted by molar-refractivity contribution is 0.673. The zero-order valence-corrected chi connectivity index (χ0v) is 10.5. The van der Waals surface area contributed by atoms with E-state index in [1.165, 1.54) is 0 Å². The van der Waals surface area contributed by atoms with E-state index in [1.54, 1.807) is 6.20 Å². The Morgan fingerprint density at radius 2 is 2.06 bits per heavy atom. The quantitative estimate of drug-likeness (QED) is 0.797. The van der Waals surface area contributed by atoms with Crippen LogP contribution in [0.5, 0.6) is 0 Å². The highest BCUT2D eigenvalue weighted by Crippen LogP contribution is 2.15. The first-order chi connectivity index (χ1) is 7.56. The van der Waals surface area contributed by atoms with E-state index in [4.69, 9.17) is 5.73 Å². The SMILES string of the molecule is CC(C)N(CCN)c1ccnc(N(C)C)n1. The summed E-state index contributed by atoms with van der Waals surface area (Å²) >= 11 is 0. The Kier molecular flexibility index (Phi) is 4.49. The molecule has 1 heterocycles. The Hall–Kier alpha value is -1.36. The molecule has 16 heavy (non-hydrogen) atoms. The predicted molar refractivity (Wildman–Crippen MR) is 67.9 cm³/mol. The van der Waals surface area contributed by atoms with Crippen LogP contribution in [-0.4, -0.2) is 43.2 Å². The van der Waals surface area contributed by atoms with Gasteiger partial charge < -0.3 is 15.5 Å². The molecule has 0 atom stereocenters. The first kappa shape index (κ1) is 12.7. The van der Waals surface area contributed by atoms with Gasteiger partial charge in [0.2, 0.25) is 5.95 Å². The molecule has 0 saturated heterocycles. The number of aromatic nitrogens is 2. The van der Waals surface area contributed by atoms with Crippen molar-refractivity contribution in [1.29, 1.82) is 0 Å². The van der Waals surface area contributed by atoms with Crippen molar-refractivity contribution in [3.05, 3.63) is 12.3 Å². The number of hydrogen-bond donors (Lipinski definition) is 1. The second-order valence-electron chi connectivity index (χ2n) is 4.19. The van der Waals surface area contributed by atoms with Gasteiger partial charge in [0.1, 0.15) is 5.82 Å². The van der Waals surface area contributed by atoms with E-state index in [1.807, 2.05) is 25.1 Å². The summed E-state index contributed by atoms with van der Waals surface area (Å²) < 4.78 is 0. The van der Waals surface area contributed by atoms with Crippen LogP contribution >= 0.6 is 0 Å². The highest BCUT2D eigenvalue weighted by Gasteiger charge is 2.12. The van der Waals surface area contributed by atoms with Crippen molar-refractivity contribution < 1.29 is 0 Å². The number of hydrogen-bond acceptors (Lipinski definition) is 5. The monoisotopic (exact) mass is 223 g/mol. The third kappa shape index (κ3) is 3.06. The first-order valence-corrected chi connectivity index (χ1v) is 5.53. The minimum atomic E-state index is 0.383. The highest BCUT2D eigenvalue weighted by molar-refractivity contribution is 5.43. The molecule has 2 N–H and O–H groups in total. The maximum Gasteiger partial charge on any atom is 0.226 e. The molecule has 0 unspecified atom stereocenters. The molecule has 1 rings (SSSR count). The summed E-state index contributed by atoms with van der Waals surface area (Å²) in [4.78, 5) is 12.8. The predicted octanol–water partition coefficient (Wildman–Crippen LogP) is 0.716. The van der Waals surface area contributed by atoms with Crippen molar-refractivity contribution in [2.45, 2.75) is 19.9 Å². The van der Waals surface area contributed by atoms with E-state index in [0.29, 0.717) is 12.6 Å². The van der Waals surface area contributed by atoms with Gasteiger partial charge in [-0.3, -0.25) is 0 Å². The second-order valence-corrected chi connectivity index (χ2v) is 4.19. The minimum absolute atomic E-state index is 0.383. The topological polar surface area (TPSA) is 58.3 Å². The van der Waals surface area contributed by atoms with Crippen LogP contribution in [0.15, 0.2) is 12.3 Å². The van der Waals surface area contributed by atoms with Gasteiger partial charge in [0.25, 0.3) is 0 Å². The van der Waals surface area contributed by atoms with Gasteiger partial charge in [0, 0.05) is 39.4 Å². The van der Waals surface area contributed by atoms with Crippen LogP contribution in [0.25, 0.3) is 0 Å². The molecule has 0 aliphatic carbocycles. The Balaban J connectivity index is 2.95. The lowest BCUT2D eigenvalue weighted by Gasteiger charge is -2.27. The van der Waals surface area contributed by atoms with Crippen molar-refractivity contribution in [2.75, 3.05) is 37.0 Å². The maximum absolute atomic E-state index is 5.61. The zero-order chi connectivity index (χ0) is 12.1. The van der Waals surface area contributed by atoms with E-state index in [9.17, 15) is 0 Å². The van der Waals surface area contributed by atoms with E-state index in [-0.39, 0.29) is 0 Å². The molecule has 0 bridgehead atoms. The third-order valence-corrected chi connectivity index (χ3v) is 2.32. The molecule has 5 nitrogen and oxygen atoms in total. The molecule has 0 fully saturated rings. The molecule has 90 valence electrons. The summed E-state index contributed by atoms with van der Waals surface area (Å²) in [5.74, 6) is 1.65. The highest BCUT2D eigenvalue weighted by atomic mass is 15.3. The summed E-state index contributed by atoms with van der Waals surface area (Å²) in [6.45, 7) is 5.70. The van der Waals surface area contributed by atoms with Gasteiger partial charge in [-0.2, -0.15) is 4.98 Å². The van der Waals surface area contributed by atoms with E-state index in [2.05, 4.69) is 28.7 Å². The standard InChI is InChI=1S/C11H21N5/c1-9(2)16(8-6-12)10-5-7-13-11(14-10)15(3)4/h5,7,9H,6,8,12H2,1-4H3. The van der Waals surface area contributed by atoms with E-state index >= 15 is 0 Å². The molecule has 0 amide bonds. The van der Waals surface area contributed by atoms with Crippen LogP contribution in [0.1, 0.15) is 13.8 Å². The number of rotatable bonds is 5. The summed E-state index contributed by atoms with van der Waals surface area (Å²) in [6, 6.07) is 2.30. The lowest BCUT2D eigenvalue weighted by atomic mass is 10.3. The van der Waals surface area contributed by atoms with Gasteiger partial charge in [-0.05, 0) is 19.9 Å². The largest absolute Gasteiger partial charge is 0.353 e. The first-order valence-electron chi connectivity index (χ1n) is 5.53. The third-order valence-electron chi connectivity index (χ3n) is 2.32. The van der Waals surface area contributed by atoms with Crippen LogP contribution in [0.4, 0.5) is 11.8 Å². The molecular weight excluding hydrogens is 202 g/mol. The van der Waals surface area contributed by atoms with Crippen molar-refractivity contribution in [2.24, 2.45) is 5.73 Å². The van der Waals surface area contributed by atoms with Crippen LogP contribution in [-0.2, 0) is 0 Å². The van der Waals surface area contributed by atoms with Gasteiger partial charge >= 0.3 is 0 Å². The van der Waals surface area contributed by atoms with Crippen LogP contribution < -0.4 is 15.5 Å². The normalized spacial score (nSPS) is 10.6. The Morgan fingerprint density at radius 1 is 1.38 bits per heavy atom. The average molecular weight is 223 g/mol. The molecule has 1 aromatic rings. The smallest absolute Gasteiger partial charge is 0.226 e. The molecule has 0 radical (unpaired) electrons. The van der Waals surface area contributed by atoms with Crippen LogP contribution in [0.2, 0.25) is 0 Å². The van der Waals surface area contributed by atoms with Gasteiger partial charge in [-0.25, -0.2) is 4.98 Å². The average Bonchev–Trinajstić information content (AvgIpc) is 2.25. The second kappa shape index (κ2) is 5.65. The number of nitrogens with zero attached hydrogens (tertiary/aromatic N) is 4. The minimum Gasteiger partial charge on any atom is -0.353 e. The van der Waals surface area contributed by atoms with Gasteiger partial charge in [-0.15, -0.1) is 0 Å². The number of anilines is 2. The molecular formula is C11H21N5. The maximum atomic E-state index is 5.61. The molecule has 0 spiro atoms. The molecule has 0 saturated carbocycles. The van der Waals surface area contributed by atoms with Crippen molar-refractivity contribution in [1.82, 2.24) is 9.97 Å². The van der Waals surface area contributed by atoms with Gasteiger partial charge in [0.05, 0.1) is 0 Å². The molecule has 0 aliphatic heterocycles. The van der Waals surface area contributed by atoms with E-state index in [0.717, 1.165) is 18.3 Å². The molecule has 0 aromatic carbocycles. The molecule has 0 aliphatic rings. The summed E-state index contributed by atoms with van der Waals surface area (Å²) in [7, 11) is 3.86. The molecule has 1 aromatic heterocycles. The summed E-state index contributed by atoms with van der Waals surface area (Å²) in [6.07, 6.45) is 1.78. The van der Waals surface area contributed by atoms with Crippen LogP contribution in [0.3, 0.4) is 0 Å². The van der Waals surface area contributed by atoms with Gasteiger partial charge in [0.15, 0.2) is 0 Å². The fourth-order valence-corrected chi connectivity index (χ4v) is 1.49. The zero-order valence-electron chi connectivity index (χ0n) is 10.5. The summed E-state index contributed by atoms with van der Waals surface area (Å²) in [5.41, 5.74) is 5.61. The fourth-order valence-electron chi connectivity index (χ4n) is 1.49. The van der Waals surface area contributed by atoms with E-state index < -0.39 is 0 Å². The van der Waals surface area contributed by atoms with Crippen molar-refractivity contribution >= 4 is 11.8 Å². The van der Waals surface area contributed by atoms with Crippen molar-refractivity contribution in [3.63, 3.8) is 0 Å². The molecule has 5 heteroatoms. The fraction of sp³-hybridized carbons (Fsp3) is 0.636. The lowest BCUT2D eigenvalue weighted by Crippen LogP contribution is -2.36. The Bertz CT molecular complexity index is 324. The Morgan fingerprint density at radius 3 is 2.56 bits per heavy atom. The Labute approximate surface area is 97.3 Å².